The number of pyridine rings is 1. The smallest absolute Gasteiger partial charge is 0.156 e. The summed E-state index contributed by atoms with van der Waals surface area (Å²) in [6.07, 6.45) is 2.55. The second-order valence-corrected chi connectivity index (χ2v) is 4.64. The summed E-state index contributed by atoms with van der Waals surface area (Å²) in [5.41, 5.74) is 2.10. The van der Waals surface area contributed by atoms with E-state index in [1.807, 2.05) is 16.8 Å². The third kappa shape index (κ3) is 2.95. The third-order valence-corrected chi connectivity index (χ3v) is 3.32. The number of aryl methyl sites for hydroxylation is 3. The first kappa shape index (κ1) is 14.0. The van der Waals surface area contributed by atoms with Gasteiger partial charge in [0.25, 0.3) is 0 Å². The molecule has 4 nitrogen and oxygen atoms in total. The van der Waals surface area contributed by atoms with Crippen molar-refractivity contribution in [1.29, 1.82) is 0 Å². The maximum absolute atomic E-state index is 5.95. The van der Waals surface area contributed by atoms with Crippen LogP contribution in [0.3, 0.4) is 0 Å². The van der Waals surface area contributed by atoms with Crippen LogP contribution in [0, 0.1) is 0 Å². The maximum atomic E-state index is 5.95. The second kappa shape index (κ2) is 6.15. The molecule has 0 atom stereocenters. The largest absolute Gasteiger partial charge is 0.234 e. The molecular formula is C14H19ClN4. The number of alkyl halides is 1. The van der Waals surface area contributed by atoms with E-state index >= 15 is 0 Å². The highest BCUT2D eigenvalue weighted by Gasteiger charge is 2.11. The van der Waals surface area contributed by atoms with Gasteiger partial charge < -0.3 is 0 Å². The maximum Gasteiger partial charge on any atom is 0.156 e. The molecule has 0 N–H and O–H groups in total. The molecule has 0 fully saturated rings. The van der Waals surface area contributed by atoms with Crippen molar-refractivity contribution in [2.24, 2.45) is 0 Å². The van der Waals surface area contributed by atoms with E-state index in [0.717, 1.165) is 48.0 Å². The van der Waals surface area contributed by atoms with Crippen molar-refractivity contribution >= 4 is 11.6 Å². The zero-order chi connectivity index (χ0) is 13.8. The molecule has 0 spiro atoms. The van der Waals surface area contributed by atoms with E-state index in [-0.39, 0.29) is 0 Å². The average molecular weight is 279 g/mol. The van der Waals surface area contributed by atoms with Crippen LogP contribution in [-0.2, 0) is 25.1 Å². The molecule has 0 unspecified atom stereocenters. The first-order valence-corrected chi connectivity index (χ1v) is 7.26. The van der Waals surface area contributed by atoms with Crippen LogP contribution in [0.1, 0.15) is 43.7 Å². The van der Waals surface area contributed by atoms with Crippen molar-refractivity contribution < 1.29 is 0 Å². The minimum Gasteiger partial charge on any atom is -0.234 e. The molecule has 5 heteroatoms. The van der Waals surface area contributed by atoms with Crippen molar-refractivity contribution in [1.82, 2.24) is 19.7 Å². The van der Waals surface area contributed by atoms with Gasteiger partial charge in [0.2, 0.25) is 0 Å². The van der Waals surface area contributed by atoms with E-state index in [9.17, 15) is 0 Å². The Morgan fingerprint density at radius 3 is 2.42 bits per heavy atom. The van der Waals surface area contributed by atoms with Crippen LogP contribution < -0.4 is 0 Å². The van der Waals surface area contributed by atoms with Crippen molar-refractivity contribution in [3.05, 3.63) is 35.0 Å². The van der Waals surface area contributed by atoms with Crippen molar-refractivity contribution in [2.75, 3.05) is 0 Å². The van der Waals surface area contributed by atoms with E-state index in [4.69, 9.17) is 11.6 Å². The molecule has 102 valence electrons. The lowest BCUT2D eigenvalue weighted by Gasteiger charge is -2.07. The second-order valence-electron chi connectivity index (χ2n) is 4.38. The first-order valence-electron chi connectivity index (χ1n) is 6.72. The highest BCUT2D eigenvalue weighted by molar-refractivity contribution is 6.17. The molecule has 0 aliphatic rings. The minimum absolute atomic E-state index is 0.485. The number of nitrogens with zero attached hydrogens (tertiary/aromatic N) is 4. The van der Waals surface area contributed by atoms with E-state index in [1.165, 1.54) is 0 Å². The van der Waals surface area contributed by atoms with Crippen LogP contribution in [0.4, 0.5) is 0 Å². The quantitative estimate of drug-likeness (QED) is 0.790. The van der Waals surface area contributed by atoms with Crippen LogP contribution in [-0.4, -0.2) is 19.7 Å². The first-order chi connectivity index (χ1) is 9.21. The van der Waals surface area contributed by atoms with Crippen LogP contribution in [0.15, 0.2) is 12.1 Å². The molecule has 2 rings (SSSR count). The van der Waals surface area contributed by atoms with E-state index in [1.54, 1.807) is 0 Å². The van der Waals surface area contributed by atoms with Gasteiger partial charge in [-0.25, -0.2) is 9.97 Å². The molecule has 0 amide bonds. The number of hydrogen-bond acceptors (Lipinski definition) is 3. The lowest BCUT2D eigenvalue weighted by atomic mass is 10.2. The summed E-state index contributed by atoms with van der Waals surface area (Å²) >= 11 is 5.95. The van der Waals surface area contributed by atoms with E-state index in [0.29, 0.717) is 5.88 Å². The summed E-state index contributed by atoms with van der Waals surface area (Å²) in [6.45, 7) is 6.22. The predicted molar refractivity (Wildman–Crippen MR) is 76.8 cm³/mol. The molecule has 0 saturated carbocycles. The highest BCUT2D eigenvalue weighted by atomic mass is 35.5. The molecule has 0 saturated heterocycles. The van der Waals surface area contributed by atoms with Gasteiger partial charge in [0.15, 0.2) is 11.6 Å². The van der Waals surface area contributed by atoms with Gasteiger partial charge in [-0.2, -0.15) is 4.68 Å². The van der Waals surface area contributed by atoms with Gasteiger partial charge >= 0.3 is 0 Å². The Labute approximate surface area is 118 Å². The van der Waals surface area contributed by atoms with E-state index in [2.05, 4.69) is 35.8 Å². The van der Waals surface area contributed by atoms with Crippen LogP contribution in [0.25, 0.3) is 5.82 Å². The molecule has 19 heavy (non-hydrogen) atoms. The summed E-state index contributed by atoms with van der Waals surface area (Å²) in [7, 11) is 0. The molecule has 0 aliphatic carbocycles. The van der Waals surface area contributed by atoms with Crippen molar-refractivity contribution in [3.8, 4) is 5.82 Å². The van der Waals surface area contributed by atoms with E-state index < -0.39 is 0 Å². The molecule has 0 radical (unpaired) electrons. The van der Waals surface area contributed by atoms with Gasteiger partial charge in [-0.05, 0) is 24.1 Å². The van der Waals surface area contributed by atoms with Gasteiger partial charge in [0.05, 0.1) is 0 Å². The fraction of sp³-hybridized carbons (Fsp3) is 0.500. The van der Waals surface area contributed by atoms with Crippen molar-refractivity contribution in [2.45, 2.75) is 45.9 Å². The van der Waals surface area contributed by atoms with Crippen LogP contribution >= 0.6 is 11.6 Å². The highest BCUT2D eigenvalue weighted by Crippen LogP contribution is 2.15. The Bertz CT molecular complexity index is 540. The molecule has 0 aliphatic heterocycles. The average Bonchev–Trinajstić information content (AvgIpc) is 2.90. The monoisotopic (exact) mass is 278 g/mol. The fourth-order valence-corrected chi connectivity index (χ4v) is 2.11. The third-order valence-electron chi connectivity index (χ3n) is 3.01. The Balaban J connectivity index is 2.53. The van der Waals surface area contributed by atoms with Crippen LogP contribution in [0.5, 0.6) is 0 Å². The SMILES string of the molecule is CCc1cc(CCl)cc(-n2nc(CC)nc2CC)n1. The van der Waals surface area contributed by atoms with Gasteiger partial charge in [0, 0.05) is 24.4 Å². The van der Waals surface area contributed by atoms with Gasteiger partial charge in [-0.1, -0.05) is 20.8 Å². The van der Waals surface area contributed by atoms with Gasteiger partial charge in [0.1, 0.15) is 5.82 Å². The topological polar surface area (TPSA) is 43.6 Å². The zero-order valence-corrected chi connectivity index (χ0v) is 12.4. The number of hydrogen-bond donors (Lipinski definition) is 0. The molecular weight excluding hydrogens is 260 g/mol. The lowest BCUT2D eigenvalue weighted by Crippen LogP contribution is -2.07. The summed E-state index contributed by atoms with van der Waals surface area (Å²) in [4.78, 5) is 9.14. The summed E-state index contributed by atoms with van der Waals surface area (Å²) in [5, 5.41) is 4.52. The zero-order valence-electron chi connectivity index (χ0n) is 11.6. The minimum atomic E-state index is 0.485. The number of rotatable bonds is 5. The van der Waals surface area contributed by atoms with Gasteiger partial charge in [-0.3, -0.25) is 0 Å². The molecule has 0 bridgehead atoms. The molecule has 2 aromatic heterocycles. The Morgan fingerprint density at radius 2 is 1.84 bits per heavy atom. The molecule has 2 heterocycles. The summed E-state index contributed by atoms with van der Waals surface area (Å²) < 4.78 is 1.84. The Morgan fingerprint density at radius 1 is 1.05 bits per heavy atom. The number of aromatic nitrogens is 4. The standard InChI is InChI=1S/C14H19ClN4/c1-4-11-7-10(9-15)8-14(16-11)19-13(6-3)17-12(5-2)18-19/h7-8H,4-6,9H2,1-3H3. The Hall–Kier alpha value is -1.42. The Kier molecular flexibility index (Phi) is 4.53. The number of halogens is 1. The lowest BCUT2D eigenvalue weighted by molar-refractivity contribution is 0.761. The van der Waals surface area contributed by atoms with Gasteiger partial charge in [-0.15, -0.1) is 16.7 Å². The predicted octanol–water partition coefficient (Wildman–Crippen LogP) is 3.09. The summed E-state index contributed by atoms with van der Waals surface area (Å²) in [6, 6.07) is 4.03. The fourth-order valence-electron chi connectivity index (χ4n) is 1.95. The van der Waals surface area contributed by atoms with Crippen LogP contribution in [0.2, 0.25) is 0 Å². The van der Waals surface area contributed by atoms with Crippen molar-refractivity contribution in [3.63, 3.8) is 0 Å². The summed E-state index contributed by atoms with van der Waals surface area (Å²) in [5.74, 6) is 3.10. The molecule has 0 aromatic carbocycles. The molecule has 2 aromatic rings. The normalized spacial score (nSPS) is 10.9.